The van der Waals surface area contributed by atoms with Crippen LogP contribution in [0.5, 0.6) is 5.75 Å². The van der Waals surface area contributed by atoms with E-state index in [0.717, 1.165) is 16.9 Å². The van der Waals surface area contributed by atoms with E-state index in [0.29, 0.717) is 6.54 Å². The van der Waals surface area contributed by atoms with Crippen molar-refractivity contribution in [2.75, 3.05) is 20.3 Å². The number of amides is 2. The Hall–Kier alpha value is -2.86. The second kappa shape index (κ2) is 8.68. The number of carbonyl (C=O) groups is 2. The van der Waals surface area contributed by atoms with Crippen LogP contribution < -0.4 is 10.1 Å². The van der Waals surface area contributed by atoms with Gasteiger partial charge in [-0.2, -0.15) is 0 Å². The zero-order valence-electron chi connectivity index (χ0n) is 15.6. The Labute approximate surface area is 159 Å². The van der Waals surface area contributed by atoms with Gasteiger partial charge in [0, 0.05) is 6.54 Å². The summed E-state index contributed by atoms with van der Waals surface area (Å²) in [5.41, 5.74) is 1.91. The van der Waals surface area contributed by atoms with Crippen LogP contribution in [0.3, 0.4) is 0 Å². The summed E-state index contributed by atoms with van der Waals surface area (Å²) in [5.74, 6) is 0.323. The van der Waals surface area contributed by atoms with Crippen LogP contribution in [0.4, 0.5) is 0 Å². The summed E-state index contributed by atoms with van der Waals surface area (Å²) in [7, 11) is 1.61. The van der Waals surface area contributed by atoms with Gasteiger partial charge < -0.3 is 19.7 Å². The number of ether oxygens (including phenoxy) is 2. The molecule has 0 aromatic heterocycles. The Kier molecular flexibility index (Phi) is 6.08. The minimum absolute atomic E-state index is 0.00203. The topological polar surface area (TPSA) is 67.9 Å². The number of hydrogen-bond acceptors (Lipinski definition) is 4. The Morgan fingerprint density at radius 2 is 2.04 bits per heavy atom. The van der Waals surface area contributed by atoms with Crippen LogP contribution in [0.25, 0.3) is 0 Å². The Morgan fingerprint density at radius 3 is 2.78 bits per heavy atom. The summed E-state index contributed by atoms with van der Waals surface area (Å²) in [4.78, 5) is 26.8. The lowest BCUT2D eigenvalue weighted by atomic mass is 10.1. The van der Waals surface area contributed by atoms with Gasteiger partial charge in [0.15, 0.2) is 0 Å². The first-order chi connectivity index (χ1) is 13.1. The maximum Gasteiger partial charge on any atom is 0.249 e. The Bertz CT molecular complexity index is 794. The van der Waals surface area contributed by atoms with E-state index in [9.17, 15) is 9.59 Å². The van der Waals surface area contributed by atoms with Crippen molar-refractivity contribution < 1.29 is 19.1 Å². The molecule has 2 amide bonds. The summed E-state index contributed by atoms with van der Waals surface area (Å²) in [6.07, 6.45) is 0. The third-order valence-electron chi connectivity index (χ3n) is 4.65. The lowest BCUT2D eigenvalue weighted by Crippen LogP contribution is -2.56. The van der Waals surface area contributed by atoms with E-state index in [-0.39, 0.29) is 31.1 Å². The van der Waals surface area contributed by atoms with Gasteiger partial charge in [0.25, 0.3) is 0 Å². The van der Waals surface area contributed by atoms with Crippen molar-refractivity contribution in [1.82, 2.24) is 10.2 Å². The van der Waals surface area contributed by atoms with Crippen LogP contribution in [0.2, 0.25) is 0 Å². The number of methoxy groups -OCH3 is 1. The zero-order valence-corrected chi connectivity index (χ0v) is 15.6. The largest absolute Gasteiger partial charge is 0.497 e. The molecule has 1 N–H and O–H groups in total. The number of carbonyl (C=O) groups excluding carboxylic acids is 2. The van der Waals surface area contributed by atoms with Crippen molar-refractivity contribution in [2.45, 2.75) is 25.6 Å². The number of hydrogen-bond donors (Lipinski definition) is 1. The van der Waals surface area contributed by atoms with Crippen LogP contribution in [-0.2, 0) is 20.9 Å². The molecular weight excluding hydrogens is 344 g/mol. The van der Waals surface area contributed by atoms with Crippen molar-refractivity contribution in [3.05, 3.63) is 65.7 Å². The van der Waals surface area contributed by atoms with E-state index in [2.05, 4.69) is 5.32 Å². The molecule has 2 unspecified atom stereocenters. The van der Waals surface area contributed by atoms with Crippen LogP contribution >= 0.6 is 0 Å². The van der Waals surface area contributed by atoms with E-state index in [1.807, 2.05) is 61.5 Å². The third-order valence-corrected chi connectivity index (χ3v) is 4.65. The molecule has 0 spiro atoms. The summed E-state index contributed by atoms with van der Waals surface area (Å²) in [6.45, 7) is 2.48. The molecule has 2 aromatic carbocycles. The summed E-state index contributed by atoms with van der Waals surface area (Å²) in [5, 5.41) is 2.99. The molecule has 6 heteroatoms. The molecule has 0 aliphatic carbocycles. The number of nitrogens with one attached hydrogen (secondary N) is 1. The predicted molar refractivity (Wildman–Crippen MR) is 101 cm³/mol. The van der Waals surface area contributed by atoms with Crippen LogP contribution in [0.15, 0.2) is 54.6 Å². The third kappa shape index (κ3) is 4.65. The monoisotopic (exact) mass is 368 g/mol. The van der Waals surface area contributed by atoms with E-state index in [1.54, 1.807) is 12.0 Å². The zero-order chi connectivity index (χ0) is 19.2. The summed E-state index contributed by atoms with van der Waals surface area (Å²) in [6, 6.07) is 16.3. The lowest BCUT2D eigenvalue weighted by molar-refractivity contribution is -0.155. The first-order valence-electron chi connectivity index (χ1n) is 8.94. The van der Waals surface area contributed by atoms with Gasteiger partial charge in [-0.25, -0.2) is 0 Å². The highest BCUT2D eigenvalue weighted by Gasteiger charge is 2.34. The first kappa shape index (κ1) is 18.9. The van der Waals surface area contributed by atoms with Gasteiger partial charge in [-0.15, -0.1) is 0 Å². The normalized spacial score (nSPS) is 18.1. The molecule has 0 bridgehead atoms. The Morgan fingerprint density at radius 1 is 1.26 bits per heavy atom. The van der Waals surface area contributed by atoms with E-state index in [4.69, 9.17) is 9.47 Å². The average Bonchev–Trinajstić information content (AvgIpc) is 2.70. The molecular formula is C21H24N2O4. The van der Waals surface area contributed by atoms with E-state index < -0.39 is 6.04 Å². The highest BCUT2D eigenvalue weighted by atomic mass is 16.5. The molecule has 1 aliphatic rings. The molecule has 27 heavy (non-hydrogen) atoms. The molecule has 1 aliphatic heterocycles. The molecule has 2 aromatic rings. The maximum absolute atomic E-state index is 12.9. The smallest absolute Gasteiger partial charge is 0.249 e. The highest BCUT2D eigenvalue weighted by Crippen LogP contribution is 2.20. The molecule has 6 nitrogen and oxygen atoms in total. The molecule has 3 rings (SSSR count). The predicted octanol–water partition coefficient (Wildman–Crippen LogP) is 2.30. The SMILES string of the molecule is COc1cccc(C(C)NC(=O)C2COCC(=O)N2Cc2ccccc2)c1. The number of morpholine rings is 1. The summed E-state index contributed by atoms with van der Waals surface area (Å²) < 4.78 is 10.6. The van der Waals surface area contributed by atoms with Crippen molar-refractivity contribution in [3.63, 3.8) is 0 Å². The minimum Gasteiger partial charge on any atom is -0.497 e. The molecule has 1 fully saturated rings. The number of rotatable bonds is 6. The number of nitrogens with zero attached hydrogens (tertiary/aromatic N) is 1. The fraction of sp³-hybridized carbons (Fsp3) is 0.333. The van der Waals surface area contributed by atoms with Crippen molar-refractivity contribution in [1.29, 1.82) is 0 Å². The molecule has 2 atom stereocenters. The van der Waals surface area contributed by atoms with Gasteiger partial charge in [0.2, 0.25) is 11.8 Å². The van der Waals surface area contributed by atoms with Crippen molar-refractivity contribution >= 4 is 11.8 Å². The van der Waals surface area contributed by atoms with E-state index >= 15 is 0 Å². The molecule has 0 radical (unpaired) electrons. The minimum atomic E-state index is -0.653. The quantitative estimate of drug-likeness (QED) is 0.850. The molecule has 0 saturated carbocycles. The maximum atomic E-state index is 12.9. The standard InChI is InChI=1S/C21H24N2O4/c1-15(17-9-6-10-18(11-17)26-2)22-21(25)19-13-27-14-20(24)23(19)12-16-7-4-3-5-8-16/h3-11,15,19H,12-14H2,1-2H3,(H,22,25). The van der Waals surface area contributed by atoms with E-state index in [1.165, 1.54) is 0 Å². The second-order valence-electron chi connectivity index (χ2n) is 6.55. The van der Waals surface area contributed by atoms with Crippen LogP contribution in [0.1, 0.15) is 24.1 Å². The summed E-state index contributed by atoms with van der Waals surface area (Å²) >= 11 is 0. The second-order valence-corrected chi connectivity index (χ2v) is 6.55. The Balaban J connectivity index is 1.71. The molecule has 1 saturated heterocycles. The number of benzene rings is 2. The van der Waals surface area contributed by atoms with Gasteiger partial charge in [-0.3, -0.25) is 9.59 Å². The molecule has 1 heterocycles. The fourth-order valence-electron chi connectivity index (χ4n) is 3.10. The van der Waals surface area contributed by atoms with Gasteiger partial charge in [-0.1, -0.05) is 42.5 Å². The van der Waals surface area contributed by atoms with Gasteiger partial charge >= 0.3 is 0 Å². The fourth-order valence-corrected chi connectivity index (χ4v) is 3.10. The van der Waals surface area contributed by atoms with Gasteiger partial charge in [0.05, 0.1) is 19.8 Å². The van der Waals surface area contributed by atoms with Gasteiger partial charge in [0.1, 0.15) is 18.4 Å². The van der Waals surface area contributed by atoms with Crippen molar-refractivity contribution in [3.8, 4) is 5.75 Å². The van der Waals surface area contributed by atoms with Gasteiger partial charge in [-0.05, 0) is 30.2 Å². The lowest BCUT2D eigenvalue weighted by Gasteiger charge is -2.35. The van der Waals surface area contributed by atoms with Crippen LogP contribution in [0, 0.1) is 0 Å². The first-order valence-corrected chi connectivity index (χ1v) is 8.94. The average molecular weight is 368 g/mol. The highest BCUT2D eigenvalue weighted by molar-refractivity contribution is 5.89. The van der Waals surface area contributed by atoms with Crippen molar-refractivity contribution in [2.24, 2.45) is 0 Å². The molecule has 142 valence electrons. The van der Waals surface area contributed by atoms with Crippen LogP contribution in [-0.4, -0.2) is 43.1 Å².